The monoisotopic (exact) mass is 565 g/mol. The average molecular weight is 566 g/mol. The Bertz CT molecular complexity index is 1210. The van der Waals surface area contributed by atoms with Gasteiger partial charge in [-0.2, -0.15) is 0 Å². The number of nitrogens with zero attached hydrogens (tertiary/aromatic N) is 1. The third kappa shape index (κ3) is 9.14. The van der Waals surface area contributed by atoms with E-state index in [1.54, 1.807) is 23.4 Å². The van der Waals surface area contributed by atoms with Gasteiger partial charge in [0, 0.05) is 42.5 Å². The second-order valence-corrected chi connectivity index (χ2v) is 10.6. The fourth-order valence-electron chi connectivity index (χ4n) is 4.38. The van der Waals surface area contributed by atoms with Crippen LogP contribution >= 0.6 is 11.8 Å². The number of amides is 2. The van der Waals surface area contributed by atoms with Crippen LogP contribution in [0, 0.1) is 0 Å². The van der Waals surface area contributed by atoms with Crippen molar-refractivity contribution in [2.45, 2.75) is 68.7 Å². The second kappa shape index (κ2) is 15.5. The van der Waals surface area contributed by atoms with Gasteiger partial charge in [0.15, 0.2) is 6.29 Å². The largest absolute Gasteiger partial charge is 0.392 e. The van der Waals surface area contributed by atoms with Crippen LogP contribution < -0.4 is 10.8 Å². The molecule has 212 valence electrons. The summed E-state index contributed by atoms with van der Waals surface area (Å²) in [6, 6.07) is 21.1. The van der Waals surface area contributed by atoms with Crippen LogP contribution in [-0.4, -0.2) is 39.0 Å². The third-order valence-corrected chi connectivity index (χ3v) is 7.64. The fourth-order valence-corrected chi connectivity index (χ4v) is 5.27. The van der Waals surface area contributed by atoms with Crippen LogP contribution in [0.25, 0.3) is 0 Å². The standard InChI is InChI=1S/C30H35N3O6S/c34-19-21-9-11-22(12-10-21)26-18-25(20-40-29-8-4-5-17-31-29)38-30(39-26)23-13-15-24(16-14-23)32-27(35)6-2-1-3-7-28(36)33-37/h4-5,8-17,25-26,30,34,37H,1-3,6-7,18-20H2,(H,32,35)(H,33,36). The van der Waals surface area contributed by atoms with E-state index in [1.807, 2.05) is 66.7 Å². The summed E-state index contributed by atoms with van der Waals surface area (Å²) in [7, 11) is 0. The van der Waals surface area contributed by atoms with Gasteiger partial charge in [-0.15, -0.1) is 11.8 Å². The van der Waals surface area contributed by atoms with Gasteiger partial charge in [-0.05, 0) is 48.2 Å². The Kier molecular flexibility index (Phi) is 11.5. The maximum absolute atomic E-state index is 12.3. The van der Waals surface area contributed by atoms with Crippen molar-refractivity contribution in [3.8, 4) is 0 Å². The second-order valence-electron chi connectivity index (χ2n) is 9.59. The zero-order valence-electron chi connectivity index (χ0n) is 22.2. The molecule has 1 aliphatic rings. The minimum absolute atomic E-state index is 0.00683. The number of aromatic nitrogens is 1. The number of nitrogens with one attached hydrogen (secondary N) is 2. The number of thioether (sulfide) groups is 1. The first kappa shape index (κ1) is 29.7. The molecule has 1 aromatic heterocycles. The Morgan fingerprint density at radius 3 is 2.30 bits per heavy atom. The number of hydrogen-bond acceptors (Lipinski definition) is 8. The van der Waals surface area contributed by atoms with Gasteiger partial charge in [-0.3, -0.25) is 14.8 Å². The molecule has 1 fully saturated rings. The summed E-state index contributed by atoms with van der Waals surface area (Å²) in [4.78, 5) is 27.8. The lowest BCUT2D eigenvalue weighted by Crippen LogP contribution is -2.31. The predicted octanol–water partition coefficient (Wildman–Crippen LogP) is 5.31. The molecule has 1 aliphatic heterocycles. The highest BCUT2D eigenvalue weighted by atomic mass is 32.2. The lowest BCUT2D eigenvalue weighted by atomic mass is 10.0. The van der Waals surface area contributed by atoms with E-state index in [4.69, 9.17) is 14.7 Å². The number of pyridine rings is 1. The molecule has 1 saturated heterocycles. The number of aliphatic hydroxyl groups excluding tert-OH is 1. The molecular weight excluding hydrogens is 530 g/mol. The molecule has 2 amide bonds. The van der Waals surface area contributed by atoms with Gasteiger partial charge < -0.3 is 19.9 Å². The van der Waals surface area contributed by atoms with Gasteiger partial charge in [-0.25, -0.2) is 10.5 Å². The van der Waals surface area contributed by atoms with Gasteiger partial charge in [0.1, 0.15) is 0 Å². The minimum Gasteiger partial charge on any atom is -0.392 e. The number of hydrogen-bond donors (Lipinski definition) is 4. The molecule has 10 heteroatoms. The molecule has 0 spiro atoms. The van der Waals surface area contributed by atoms with Crippen molar-refractivity contribution in [1.82, 2.24) is 10.5 Å². The molecule has 40 heavy (non-hydrogen) atoms. The van der Waals surface area contributed by atoms with Crippen molar-refractivity contribution < 1.29 is 29.4 Å². The molecule has 0 bridgehead atoms. The van der Waals surface area contributed by atoms with Crippen LogP contribution in [0.15, 0.2) is 78.0 Å². The first-order chi connectivity index (χ1) is 19.5. The van der Waals surface area contributed by atoms with Crippen LogP contribution in [0.4, 0.5) is 5.69 Å². The number of anilines is 1. The van der Waals surface area contributed by atoms with Crippen molar-refractivity contribution >= 4 is 29.3 Å². The summed E-state index contributed by atoms with van der Waals surface area (Å²) in [5.41, 5.74) is 5.02. The van der Waals surface area contributed by atoms with E-state index in [-0.39, 0.29) is 31.1 Å². The van der Waals surface area contributed by atoms with Gasteiger partial charge in [-0.1, -0.05) is 48.9 Å². The van der Waals surface area contributed by atoms with Crippen molar-refractivity contribution in [3.63, 3.8) is 0 Å². The highest BCUT2D eigenvalue weighted by Gasteiger charge is 2.32. The fraction of sp³-hybridized carbons (Fsp3) is 0.367. The van der Waals surface area contributed by atoms with Crippen LogP contribution in [0.5, 0.6) is 0 Å². The molecule has 4 N–H and O–H groups in total. The number of carbonyl (C=O) groups excluding carboxylic acids is 2. The number of ether oxygens (including phenoxy) is 2. The van der Waals surface area contributed by atoms with Gasteiger partial charge in [0.25, 0.3) is 0 Å². The van der Waals surface area contributed by atoms with E-state index in [0.717, 1.165) is 33.9 Å². The van der Waals surface area contributed by atoms with E-state index in [2.05, 4.69) is 10.3 Å². The zero-order chi connectivity index (χ0) is 28.2. The van der Waals surface area contributed by atoms with E-state index < -0.39 is 12.2 Å². The third-order valence-electron chi connectivity index (χ3n) is 6.57. The molecule has 3 unspecified atom stereocenters. The van der Waals surface area contributed by atoms with Crippen LogP contribution in [0.2, 0.25) is 0 Å². The van der Waals surface area contributed by atoms with Crippen LogP contribution in [0.3, 0.4) is 0 Å². The summed E-state index contributed by atoms with van der Waals surface area (Å²) in [6.45, 7) is -0.00683. The normalized spacial score (nSPS) is 18.7. The average Bonchev–Trinajstić information content (AvgIpc) is 3.00. The quantitative estimate of drug-likeness (QED) is 0.0950. The van der Waals surface area contributed by atoms with E-state index in [9.17, 15) is 14.7 Å². The molecule has 2 heterocycles. The summed E-state index contributed by atoms with van der Waals surface area (Å²) in [5.74, 6) is 0.211. The summed E-state index contributed by atoms with van der Waals surface area (Å²) in [5, 5.41) is 21.8. The maximum atomic E-state index is 12.3. The first-order valence-corrected chi connectivity index (χ1v) is 14.4. The first-order valence-electron chi connectivity index (χ1n) is 13.4. The lowest BCUT2D eigenvalue weighted by molar-refractivity contribution is -0.245. The highest BCUT2D eigenvalue weighted by molar-refractivity contribution is 7.99. The van der Waals surface area contributed by atoms with Gasteiger partial charge in [0.2, 0.25) is 11.8 Å². The van der Waals surface area contributed by atoms with Crippen LogP contribution in [0.1, 0.15) is 67.6 Å². The number of benzene rings is 2. The van der Waals surface area contributed by atoms with E-state index in [0.29, 0.717) is 31.4 Å². The summed E-state index contributed by atoms with van der Waals surface area (Å²) in [6.07, 6.45) is 4.22. The Labute approximate surface area is 238 Å². The summed E-state index contributed by atoms with van der Waals surface area (Å²) >= 11 is 1.65. The Morgan fingerprint density at radius 1 is 0.900 bits per heavy atom. The highest BCUT2D eigenvalue weighted by Crippen LogP contribution is 2.39. The van der Waals surface area contributed by atoms with Crippen molar-refractivity contribution in [2.24, 2.45) is 0 Å². The van der Waals surface area contributed by atoms with Gasteiger partial charge >= 0.3 is 0 Å². The number of unbranched alkanes of at least 4 members (excludes halogenated alkanes) is 2. The zero-order valence-corrected chi connectivity index (χ0v) is 23.0. The van der Waals surface area contributed by atoms with E-state index in [1.165, 1.54) is 0 Å². The molecular formula is C30H35N3O6S. The molecule has 4 rings (SSSR count). The molecule has 3 atom stereocenters. The van der Waals surface area contributed by atoms with Crippen molar-refractivity contribution in [2.75, 3.05) is 11.1 Å². The smallest absolute Gasteiger partial charge is 0.243 e. The Hall–Kier alpha value is -3.28. The molecule has 0 aliphatic carbocycles. The molecule has 3 aromatic rings. The molecule has 0 radical (unpaired) electrons. The SMILES string of the molecule is O=C(CCCCCC(=O)Nc1ccc(C2OC(CSc3ccccn3)CC(c3ccc(CO)cc3)O2)cc1)NO. The number of hydroxylamine groups is 1. The van der Waals surface area contributed by atoms with Crippen molar-refractivity contribution in [3.05, 3.63) is 89.6 Å². The number of rotatable bonds is 13. The molecule has 9 nitrogen and oxygen atoms in total. The Balaban J connectivity index is 1.36. The minimum atomic E-state index is -0.577. The summed E-state index contributed by atoms with van der Waals surface area (Å²) < 4.78 is 12.8. The number of carbonyl (C=O) groups is 2. The Morgan fingerprint density at radius 2 is 1.62 bits per heavy atom. The van der Waals surface area contributed by atoms with Gasteiger partial charge in [0.05, 0.1) is 23.8 Å². The topological polar surface area (TPSA) is 130 Å². The number of aliphatic hydroxyl groups is 1. The predicted molar refractivity (Wildman–Crippen MR) is 151 cm³/mol. The molecule has 2 aromatic carbocycles. The molecule has 0 saturated carbocycles. The lowest BCUT2D eigenvalue weighted by Gasteiger charge is -2.36. The van der Waals surface area contributed by atoms with Crippen LogP contribution in [-0.2, 0) is 25.7 Å². The maximum Gasteiger partial charge on any atom is 0.243 e. The van der Waals surface area contributed by atoms with Crippen molar-refractivity contribution in [1.29, 1.82) is 0 Å². The van der Waals surface area contributed by atoms with E-state index >= 15 is 0 Å².